The van der Waals surface area contributed by atoms with Crippen LogP contribution in [0.4, 0.5) is 0 Å². The molecule has 0 aliphatic carbocycles. The summed E-state index contributed by atoms with van der Waals surface area (Å²) < 4.78 is 5.22. The van der Waals surface area contributed by atoms with E-state index in [0.29, 0.717) is 5.75 Å². The Labute approximate surface area is 149 Å². The summed E-state index contributed by atoms with van der Waals surface area (Å²) in [6.45, 7) is 7.76. The summed E-state index contributed by atoms with van der Waals surface area (Å²) in [6, 6.07) is 3.57. The first-order valence-corrected chi connectivity index (χ1v) is 7.90. The lowest BCUT2D eigenvalue weighted by molar-refractivity contribution is 0.0304. The van der Waals surface area contributed by atoms with Gasteiger partial charge < -0.3 is 20.3 Å². The van der Waals surface area contributed by atoms with Gasteiger partial charge in [-0.25, -0.2) is 0 Å². The minimum Gasteiger partial charge on any atom is -0.503 e. The van der Waals surface area contributed by atoms with E-state index in [9.17, 15) is 10.2 Å². The second-order valence-electron chi connectivity index (χ2n) is 6.39. The van der Waals surface area contributed by atoms with Gasteiger partial charge in [0.2, 0.25) is 0 Å². The zero-order valence-corrected chi connectivity index (χ0v) is 15.4. The van der Waals surface area contributed by atoms with Crippen LogP contribution < -0.4 is 10.1 Å². The number of aliphatic hydroxyl groups is 1. The minimum atomic E-state index is -0.345. The van der Waals surface area contributed by atoms with Crippen molar-refractivity contribution in [1.29, 1.82) is 0 Å². The molecule has 1 aliphatic heterocycles. The van der Waals surface area contributed by atoms with E-state index < -0.39 is 0 Å². The molecule has 1 heterocycles. The van der Waals surface area contributed by atoms with Crippen molar-refractivity contribution in [1.82, 2.24) is 10.2 Å². The van der Waals surface area contributed by atoms with Crippen LogP contribution in [0.1, 0.15) is 25.5 Å². The molecule has 0 spiro atoms. The highest BCUT2D eigenvalue weighted by molar-refractivity contribution is 6.32. The Hall–Kier alpha value is -0.720. The summed E-state index contributed by atoms with van der Waals surface area (Å²) in [5.41, 5.74) is 0.600. The molecule has 1 aromatic rings. The molecule has 0 radical (unpaired) electrons. The van der Waals surface area contributed by atoms with Gasteiger partial charge in [-0.15, -0.1) is 12.4 Å². The summed E-state index contributed by atoms with van der Waals surface area (Å²) in [5.74, 6) is 0.310. The molecule has 0 aromatic heterocycles. The number of benzene rings is 1. The van der Waals surface area contributed by atoms with Crippen LogP contribution in [-0.2, 0) is 0 Å². The van der Waals surface area contributed by atoms with E-state index in [-0.39, 0.29) is 41.2 Å². The summed E-state index contributed by atoms with van der Waals surface area (Å²) in [6.07, 6.45) is 0. The zero-order valence-electron chi connectivity index (χ0n) is 13.8. The summed E-state index contributed by atoms with van der Waals surface area (Å²) in [7, 11) is 1.51. The first kappa shape index (κ1) is 20.3. The van der Waals surface area contributed by atoms with E-state index in [0.717, 1.165) is 31.7 Å². The van der Waals surface area contributed by atoms with Crippen LogP contribution >= 0.6 is 24.0 Å². The molecule has 5 nitrogen and oxygen atoms in total. The predicted molar refractivity (Wildman–Crippen MR) is 95.0 cm³/mol. The Morgan fingerprint density at radius 3 is 2.48 bits per heavy atom. The van der Waals surface area contributed by atoms with Crippen molar-refractivity contribution >= 4 is 24.0 Å². The number of aliphatic hydroxyl groups excluding tert-OH is 1. The van der Waals surface area contributed by atoms with Gasteiger partial charge >= 0.3 is 0 Å². The Balaban J connectivity index is 0.00000264. The van der Waals surface area contributed by atoms with E-state index in [1.54, 1.807) is 6.07 Å². The maximum Gasteiger partial charge on any atom is 0.176 e. The number of rotatable bonds is 5. The third kappa shape index (κ3) is 4.43. The number of ether oxygens (including phenoxy) is 1. The Morgan fingerprint density at radius 1 is 1.35 bits per heavy atom. The van der Waals surface area contributed by atoms with Gasteiger partial charge in [-0.3, -0.25) is 4.90 Å². The predicted octanol–water partition coefficient (Wildman–Crippen LogP) is 2.44. The monoisotopic (exact) mass is 364 g/mol. The molecule has 1 saturated heterocycles. The van der Waals surface area contributed by atoms with Gasteiger partial charge in [-0.1, -0.05) is 25.4 Å². The van der Waals surface area contributed by atoms with Gasteiger partial charge in [0, 0.05) is 44.2 Å². The maximum atomic E-state index is 9.94. The number of phenolic OH excluding ortho intramolecular Hbond substituents is 1. The number of hydrogen-bond donors (Lipinski definition) is 3. The number of nitrogens with zero attached hydrogens (tertiary/aromatic N) is 1. The summed E-state index contributed by atoms with van der Waals surface area (Å²) in [4.78, 5) is 2.34. The zero-order chi connectivity index (χ0) is 16.3. The molecule has 23 heavy (non-hydrogen) atoms. The highest BCUT2D eigenvalue weighted by Gasteiger charge is 2.36. The van der Waals surface area contributed by atoms with Gasteiger partial charge in [0.1, 0.15) is 0 Å². The highest BCUT2D eigenvalue weighted by Crippen LogP contribution is 2.43. The van der Waals surface area contributed by atoms with Crippen molar-refractivity contribution in [2.75, 3.05) is 39.9 Å². The number of methoxy groups -OCH3 is 1. The molecule has 0 bridgehead atoms. The molecule has 1 aliphatic rings. The smallest absolute Gasteiger partial charge is 0.176 e. The van der Waals surface area contributed by atoms with Gasteiger partial charge in [-0.05, 0) is 17.7 Å². The molecule has 0 amide bonds. The number of halogens is 2. The molecule has 2 rings (SSSR count). The Kier molecular flexibility index (Phi) is 7.42. The van der Waals surface area contributed by atoms with Gasteiger partial charge in [-0.2, -0.15) is 0 Å². The second-order valence-corrected chi connectivity index (χ2v) is 6.80. The normalized spacial score (nSPS) is 17.4. The van der Waals surface area contributed by atoms with Crippen molar-refractivity contribution in [3.63, 3.8) is 0 Å². The quantitative estimate of drug-likeness (QED) is 0.748. The van der Waals surface area contributed by atoms with Crippen molar-refractivity contribution in [3.8, 4) is 11.5 Å². The standard InChI is InChI=1S/C16H25ClN2O3.ClH/c1-16(2,10-20)15(19-6-4-18-5-7-19)11-8-12(17)14(21)13(9-11)22-3;/h8-9,15,18,20-21H,4-7,10H2,1-3H3;1H/t15-;/m1./s1. The van der Waals surface area contributed by atoms with Crippen molar-refractivity contribution < 1.29 is 14.9 Å². The van der Waals surface area contributed by atoms with E-state index in [2.05, 4.69) is 10.2 Å². The van der Waals surface area contributed by atoms with E-state index in [4.69, 9.17) is 16.3 Å². The first-order chi connectivity index (χ1) is 10.4. The molecular weight excluding hydrogens is 339 g/mol. The third-order valence-electron chi connectivity index (χ3n) is 4.25. The SMILES string of the molecule is COc1cc([C@@H](N2CCNCC2)C(C)(C)CO)cc(Cl)c1O.Cl. The molecule has 3 N–H and O–H groups in total. The van der Waals surface area contributed by atoms with Crippen LogP contribution in [0.25, 0.3) is 0 Å². The Morgan fingerprint density at radius 2 is 1.96 bits per heavy atom. The minimum absolute atomic E-state index is 0. The van der Waals surface area contributed by atoms with Crippen LogP contribution in [0.3, 0.4) is 0 Å². The maximum absolute atomic E-state index is 9.94. The molecule has 1 atom stereocenters. The van der Waals surface area contributed by atoms with Crippen molar-refractivity contribution in [3.05, 3.63) is 22.7 Å². The average molecular weight is 365 g/mol. The summed E-state index contributed by atoms with van der Waals surface area (Å²) in [5, 5.41) is 23.4. The fourth-order valence-corrected chi connectivity index (χ4v) is 3.31. The lowest BCUT2D eigenvalue weighted by Crippen LogP contribution is -2.49. The number of phenols is 1. The largest absolute Gasteiger partial charge is 0.503 e. The van der Waals surface area contributed by atoms with Crippen LogP contribution in [0.2, 0.25) is 5.02 Å². The molecule has 1 fully saturated rings. The molecule has 7 heteroatoms. The average Bonchev–Trinajstić information content (AvgIpc) is 2.51. The number of hydrogen-bond acceptors (Lipinski definition) is 5. The first-order valence-electron chi connectivity index (χ1n) is 7.52. The third-order valence-corrected chi connectivity index (χ3v) is 4.54. The van der Waals surface area contributed by atoms with Gasteiger partial charge in [0.15, 0.2) is 11.5 Å². The lowest BCUT2D eigenvalue weighted by atomic mass is 9.79. The molecule has 1 aromatic carbocycles. The fourth-order valence-electron chi connectivity index (χ4n) is 3.09. The van der Waals surface area contributed by atoms with Crippen LogP contribution in [-0.4, -0.2) is 55.0 Å². The van der Waals surface area contributed by atoms with E-state index in [1.165, 1.54) is 7.11 Å². The number of piperazine rings is 1. The van der Waals surface area contributed by atoms with Gasteiger partial charge in [0.05, 0.1) is 12.1 Å². The van der Waals surface area contributed by atoms with Crippen LogP contribution in [0.5, 0.6) is 11.5 Å². The number of nitrogens with one attached hydrogen (secondary N) is 1. The molecular formula is C16H26Cl2N2O3. The van der Waals surface area contributed by atoms with Crippen LogP contribution in [0.15, 0.2) is 12.1 Å². The van der Waals surface area contributed by atoms with Gasteiger partial charge in [0.25, 0.3) is 0 Å². The molecule has 132 valence electrons. The molecule has 0 unspecified atom stereocenters. The van der Waals surface area contributed by atoms with E-state index in [1.807, 2.05) is 19.9 Å². The lowest BCUT2D eigenvalue weighted by Gasteiger charge is -2.43. The van der Waals surface area contributed by atoms with Crippen LogP contribution in [0, 0.1) is 5.41 Å². The fraction of sp³-hybridized carbons (Fsp3) is 0.625. The van der Waals surface area contributed by atoms with Crippen molar-refractivity contribution in [2.45, 2.75) is 19.9 Å². The Bertz CT molecular complexity index is 520. The molecule has 0 saturated carbocycles. The highest BCUT2D eigenvalue weighted by atomic mass is 35.5. The van der Waals surface area contributed by atoms with Crippen molar-refractivity contribution in [2.24, 2.45) is 5.41 Å². The summed E-state index contributed by atoms with van der Waals surface area (Å²) >= 11 is 6.15. The topological polar surface area (TPSA) is 65.0 Å². The van der Waals surface area contributed by atoms with E-state index >= 15 is 0 Å². The second kappa shape index (κ2) is 8.40. The number of aromatic hydroxyl groups is 1.